The second-order valence-corrected chi connectivity index (χ2v) is 4.55. The van der Waals surface area contributed by atoms with E-state index in [2.05, 4.69) is 9.97 Å². The SMILES string of the molecule is Cc1nc(CN)[nH]c(=O)c1C1CCCCC1. The second-order valence-electron chi connectivity index (χ2n) is 4.55. The molecule has 16 heavy (non-hydrogen) atoms. The molecule has 0 saturated heterocycles. The fourth-order valence-electron chi connectivity index (χ4n) is 2.62. The van der Waals surface area contributed by atoms with Gasteiger partial charge in [-0.15, -0.1) is 0 Å². The van der Waals surface area contributed by atoms with Crippen molar-refractivity contribution in [3.05, 3.63) is 27.4 Å². The van der Waals surface area contributed by atoms with Gasteiger partial charge in [-0.25, -0.2) is 4.98 Å². The first kappa shape index (κ1) is 11.3. The Labute approximate surface area is 95.3 Å². The first-order valence-electron chi connectivity index (χ1n) is 6.02. The highest BCUT2D eigenvalue weighted by atomic mass is 16.1. The molecule has 1 aliphatic rings. The molecule has 0 aromatic carbocycles. The molecule has 1 fully saturated rings. The van der Waals surface area contributed by atoms with E-state index in [0.717, 1.165) is 24.1 Å². The van der Waals surface area contributed by atoms with E-state index in [-0.39, 0.29) is 5.56 Å². The van der Waals surface area contributed by atoms with Crippen LogP contribution in [0.5, 0.6) is 0 Å². The molecule has 2 rings (SSSR count). The third kappa shape index (κ3) is 2.16. The number of rotatable bonds is 2. The minimum Gasteiger partial charge on any atom is -0.324 e. The third-order valence-electron chi connectivity index (χ3n) is 3.40. The average molecular weight is 221 g/mol. The molecule has 88 valence electrons. The number of aromatic amines is 1. The molecule has 1 heterocycles. The summed E-state index contributed by atoms with van der Waals surface area (Å²) in [5, 5.41) is 0. The Morgan fingerprint density at radius 3 is 2.62 bits per heavy atom. The number of hydrogen-bond acceptors (Lipinski definition) is 3. The second kappa shape index (κ2) is 4.78. The molecule has 1 aromatic rings. The van der Waals surface area contributed by atoms with Crippen molar-refractivity contribution in [1.29, 1.82) is 0 Å². The quantitative estimate of drug-likeness (QED) is 0.796. The van der Waals surface area contributed by atoms with Crippen LogP contribution in [0.25, 0.3) is 0 Å². The van der Waals surface area contributed by atoms with E-state index in [1.54, 1.807) is 0 Å². The monoisotopic (exact) mass is 221 g/mol. The number of nitrogens with two attached hydrogens (primary N) is 1. The Balaban J connectivity index is 2.36. The molecule has 0 spiro atoms. The van der Waals surface area contributed by atoms with Crippen LogP contribution in [0.3, 0.4) is 0 Å². The number of aryl methyl sites for hydroxylation is 1. The molecule has 0 atom stereocenters. The van der Waals surface area contributed by atoms with Crippen molar-refractivity contribution in [2.45, 2.75) is 51.5 Å². The first-order valence-corrected chi connectivity index (χ1v) is 6.02. The van der Waals surface area contributed by atoms with Crippen LogP contribution in [0.4, 0.5) is 0 Å². The van der Waals surface area contributed by atoms with E-state index in [0.29, 0.717) is 18.3 Å². The highest BCUT2D eigenvalue weighted by Crippen LogP contribution is 2.31. The minimum absolute atomic E-state index is 0.0138. The fraction of sp³-hybridized carbons (Fsp3) is 0.667. The zero-order chi connectivity index (χ0) is 11.5. The van der Waals surface area contributed by atoms with Gasteiger partial charge in [0.25, 0.3) is 5.56 Å². The summed E-state index contributed by atoms with van der Waals surface area (Å²) in [4.78, 5) is 19.1. The van der Waals surface area contributed by atoms with Gasteiger partial charge in [0, 0.05) is 11.3 Å². The normalized spacial score (nSPS) is 17.6. The standard InChI is InChI=1S/C12H19N3O/c1-8-11(9-5-3-2-4-6-9)12(16)15-10(7-13)14-8/h9H,2-7,13H2,1H3,(H,14,15,16). The molecule has 0 radical (unpaired) electrons. The molecule has 1 aliphatic carbocycles. The fourth-order valence-corrected chi connectivity index (χ4v) is 2.62. The van der Waals surface area contributed by atoms with Crippen molar-refractivity contribution in [2.24, 2.45) is 5.73 Å². The number of hydrogen-bond donors (Lipinski definition) is 2. The van der Waals surface area contributed by atoms with Gasteiger partial charge in [0.15, 0.2) is 0 Å². The molecule has 0 aliphatic heterocycles. The summed E-state index contributed by atoms with van der Waals surface area (Å²) in [5.41, 5.74) is 7.24. The largest absolute Gasteiger partial charge is 0.324 e. The zero-order valence-corrected chi connectivity index (χ0v) is 9.75. The predicted octanol–water partition coefficient (Wildman–Crippen LogP) is 1.58. The molecule has 1 saturated carbocycles. The van der Waals surface area contributed by atoms with Crippen LogP contribution in [-0.4, -0.2) is 9.97 Å². The van der Waals surface area contributed by atoms with Gasteiger partial charge in [0.2, 0.25) is 0 Å². The Bertz CT molecular complexity index is 419. The Kier molecular flexibility index (Phi) is 3.39. The molecular formula is C12H19N3O. The summed E-state index contributed by atoms with van der Waals surface area (Å²) in [6.45, 7) is 2.21. The van der Waals surface area contributed by atoms with Gasteiger partial charge in [-0.3, -0.25) is 4.79 Å². The summed E-state index contributed by atoms with van der Waals surface area (Å²) in [7, 11) is 0. The molecule has 4 heteroatoms. The molecule has 4 nitrogen and oxygen atoms in total. The third-order valence-corrected chi connectivity index (χ3v) is 3.40. The van der Waals surface area contributed by atoms with Crippen LogP contribution in [-0.2, 0) is 6.54 Å². The minimum atomic E-state index is 0.0138. The maximum Gasteiger partial charge on any atom is 0.254 e. The lowest BCUT2D eigenvalue weighted by Gasteiger charge is -2.22. The molecule has 0 amide bonds. The molecule has 3 N–H and O–H groups in total. The number of nitrogens with zero attached hydrogens (tertiary/aromatic N) is 1. The Morgan fingerprint density at radius 2 is 2.06 bits per heavy atom. The highest BCUT2D eigenvalue weighted by molar-refractivity contribution is 5.21. The number of aromatic nitrogens is 2. The van der Waals surface area contributed by atoms with E-state index in [9.17, 15) is 4.79 Å². The van der Waals surface area contributed by atoms with Gasteiger partial charge >= 0.3 is 0 Å². The van der Waals surface area contributed by atoms with Crippen molar-refractivity contribution >= 4 is 0 Å². The summed E-state index contributed by atoms with van der Waals surface area (Å²) in [6.07, 6.45) is 5.98. The van der Waals surface area contributed by atoms with Crippen molar-refractivity contribution in [1.82, 2.24) is 9.97 Å². The summed E-state index contributed by atoms with van der Waals surface area (Å²) < 4.78 is 0. The van der Waals surface area contributed by atoms with Crippen molar-refractivity contribution in [3.8, 4) is 0 Å². The van der Waals surface area contributed by atoms with Gasteiger partial charge in [0.05, 0.1) is 6.54 Å². The maximum absolute atomic E-state index is 12.0. The van der Waals surface area contributed by atoms with E-state index in [1.165, 1.54) is 19.3 Å². The average Bonchev–Trinajstić information content (AvgIpc) is 2.29. The van der Waals surface area contributed by atoms with Gasteiger partial charge in [-0.05, 0) is 25.7 Å². The Morgan fingerprint density at radius 1 is 1.38 bits per heavy atom. The lowest BCUT2D eigenvalue weighted by molar-refractivity contribution is 0.438. The van der Waals surface area contributed by atoms with E-state index < -0.39 is 0 Å². The van der Waals surface area contributed by atoms with Crippen molar-refractivity contribution in [2.75, 3.05) is 0 Å². The van der Waals surface area contributed by atoms with Crippen molar-refractivity contribution < 1.29 is 0 Å². The van der Waals surface area contributed by atoms with Crippen molar-refractivity contribution in [3.63, 3.8) is 0 Å². The lowest BCUT2D eigenvalue weighted by atomic mass is 9.84. The molecular weight excluding hydrogens is 202 g/mol. The Hall–Kier alpha value is -1.16. The summed E-state index contributed by atoms with van der Waals surface area (Å²) >= 11 is 0. The predicted molar refractivity (Wildman–Crippen MR) is 63.3 cm³/mol. The van der Waals surface area contributed by atoms with Crippen LogP contribution in [0.15, 0.2) is 4.79 Å². The smallest absolute Gasteiger partial charge is 0.254 e. The zero-order valence-electron chi connectivity index (χ0n) is 9.75. The van der Waals surface area contributed by atoms with E-state index in [4.69, 9.17) is 5.73 Å². The van der Waals surface area contributed by atoms with Crippen LogP contribution < -0.4 is 11.3 Å². The number of H-pyrrole nitrogens is 1. The van der Waals surface area contributed by atoms with Crippen LogP contribution in [0, 0.1) is 6.92 Å². The van der Waals surface area contributed by atoms with E-state index >= 15 is 0 Å². The maximum atomic E-state index is 12.0. The van der Waals surface area contributed by atoms with Crippen LogP contribution >= 0.6 is 0 Å². The highest BCUT2D eigenvalue weighted by Gasteiger charge is 2.21. The van der Waals surface area contributed by atoms with Crippen LogP contribution in [0.2, 0.25) is 0 Å². The van der Waals surface area contributed by atoms with Gasteiger partial charge in [0.1, 0.15) is 5.82 Å². The van der Waals surface area contributed by atoms with Gasteiger partial charge in [-0.1, -0.05) is 19.3 Å². The summed E-state index contributed by atoms with van der Waals surface area (Å²) in [5.74, 6) is 0.985. The molecule has 0 bridgehead atoms. The lowest BCUT2D eigenvalue weighted by Crippen LogP contribution is -2.24. The first-order chi connectivity index (χ1) is 7.72. The topological polar surface area (TPSA) is 71.8 Å². The molecule has 1 aromatic heterocycles. The van der Waals surface area contributed by atoms with E-state index in [1.807, 2.05) is 6.92 Å². The van der Waals surface area contributed by atoms with Crippen LogP contribution in [0.1, 0.15) is 55.1 Å². The number of nitrogens with one attached hydrogen (secondary N) is 1. The summed E-state index contributed by atoms with van der Waals surface area (Å²) in [6, 6.07) is 0. The van der Waals surface area contributed by atoms with Gasteiger partial charge in [-0.2, -0.15) is 0 Å². The van der Waals surface area contributed by atoms with Gasteiger partial charge < -0.3 is 10.7 Å². The molecule has 0 unspecified atom stereocenters.